The Hall–Kier alpha value is -4.14. The minimum atomic E-state index is -1.07. The van der Waals surface area contributed by atoms with E-state index in [0.29, 0.717) is 11.4 Å². The molecule has 1 atom stereocenters. The van der Waals surface area contributed by atoms with E-state index in [2.05, 4.69) is 15.6 Å². The highest BCUT2D eigenvalue weighted by atomic mass is 16.5. The number of methoxy groups -OCH3 is 1. The number of nitrogens with zero attached hydrogens (tertiary/aromatic N) is 1. The molecule has 0 spiro atoms. The quantitative estimate of drug-likeness (QED) is 0.579. The second kappa shape index (κ2) is 8.31. The van der Waals surface area contributed by atoms with Gasteiger partial charge in [0.1, 0.15) is 11.6 Å². The number of aromatic nitrogens is 2. The minimum absolute atomic E-state index is 0.0361. The third kappa shape index (κ3) is 3.97. The van der Waals surface area contributed by atoms with Gasteiger partial charge in [-0.05, 0) is 17.7 Å². The maximum Gasteiger partial charge on any atom is 0.330 e. The highest BCUT2D eigenvalue weighted by Gasteiger charge is 2.36. The summed E-state index contributed by atoms with van der Waals surface area (Å²) in [6.45, 7) is 0.125. The lowest BCUT2D eigenvalue weighted by atomic mass is 9.92. The monoisotopic (exact) mass is 420 g/mol. The number of carbonyl (C=O) groups excluding carboxylic acids is 2. The predicted octanol–water partition coefficient (Wildman–Crippen LogP) is 1.66. The van der Waals surface area contributed by atoms with Crippen LogP contribution in [-0.4, -0.2) is 28.5 Å². The van der Waals surface area contributed by atoms with Crippen molar-refractivity contribution in [1.82, 2.24) is 9.55 Å². The molecule has 9 heteroatoms. The van der Waals surface area contributed by atoms with Crippen molar-refractivity contribution in [2.24, 2.45) is 0 Å². The summed E-state index contributed by atoms with van der Waals surface area (Å²) in [5.74, 6) is -1.59. The number of fused-ring (bicyclic) bond motifs is 1. The van der Waals surface area contributed by atoms with Crippen LogP contribution in [0.15, 0.2) is 64.2 Å². The van der Waals surface area contributed by atoms with E-state index in [0.717, 1.165) is 5.56 Å². The number of ether oxygens (including phenoxy) is 1. The maximum atomic E-state index is 13.1. The number of carbonyl (C=O) groups is 2. The summed E-state index contributed by atoms with van der Waals surface area (Å²) in [5, 5.41) is 5.32. The average molecular weight is 420 g/mol. The van der Waals surface area contributed by atoms with Crippen LogP contribution in [0.3, 0.4) is 0 Å². The van der Waals surface area contributed by atoms with Crippen LogP contribution in [0, 0.1) is 0 Å². The number of H-pyrrole nitrogens is 1. The molecule has 0 saturated carbocycles. The smallest absolute Gasteiger partial charge is 0.330 e. The Labute approximate surface area is 176 Å². The summed E-state index contributed by atoms with van der Waals surface area (Å²) in [6, 6.07) is 15.9. The van der Waals surface area contributed by atoms with E-state index < -0.39 is 29.0 Å². The van der Waals surface area contributed by atoms with Crippen molar-refractivity contribution in [3.63, 3.8) is 0 Å². The second-order valence-corrected chi connectivity index (χ2v) is 7.09. The number of rotatable bonds is 5. The third-order valence-electron chi connectivity index (χ3n) is 5.10. The van der Waals surface area contributed by atoms with Gasteiger partial charge in [0.25, 0.3) is 5.56 Å². The molecule has 9 nitrogen and oxygen atoms in total. The fourth-order valence-corrected chi connectivity index (χ4v) is 3.62. The van der Waals surface area contributed by atoms with Crippen molar-refractivity contribution in [1.29, 1.82) is 0 Å². The summed E-state index contributed by atoms with van der Waals surface area (Å²) in [4.78, 5) is 52.9. The van der Waals surface area contributed by atoms with E-state index in [9.17, 15) is 19.2 Å². The lowest BCUT2D eigenvalue weighted by molar-refractivity contribution is -0.123. The number of benzene rings is 2. The zero-order chi connectivity index (χ0) is 22.0. The molecule has 3 N–H and O–H groups in total. The van der Waals surface area contributed by atoms with E-state index in [1.165, 1.54) is 11.7 Å². The standard InChI is InChI=1S/C22H20N4O5/c1-31-16-10-6-5-9-15(16)23-20(28)14-11-17(27)24-19-18(14)21(29)25-22(30)26(19)12-13-7-3-2-4-8-13/h2-10,14H,11-12H2,1H3,(H,23,28)(H,24,27)(H,25,29,30)/t14-/m0/s1. The van der Waals surface area contributed by atoms with Gasteiger partial charge in [0, 0.05) is 6.42 Å². The van der Waals surface area contributed by atoms with Gasteiger partial charge >= 0.3 is 5.69 Å². The number of amides is 2. The van der Waals surface area contributed by atoms with Crippen LogP contribution < -0.4 is 26.6 Å². The molecule has 2 amide bonds. The summed E-state index contributed by atoms with van der Waals surface area (Å²) in [5.41, 5.74) is -0.115. The van der Waals surface area contributed by atoms with Crippen LogP contribution in [0.4, 0.5) is 11.5 Å². The highest BCUT2D eigenvalue weighted by molar-refractivity contribution is 6.04. The average Bonchev–Trinajstić information content (AvgIpc) is 2.77. The van der Waals surface area contributed by atoms with Crippen LogP contribution >= 0.6 is 0 Å². The zero-order valence-corrected chi connectivity index (χ0v) is 16.7. The van der Waals surface area contributed by atoms with Gasteiger partial charge in [-0.2, -0.15) is 0 Å². The molecular weight excluding hydrogens is 400 g/mol. The molecule has 4 rings (SSSR count). The van der Waals surface area contributed by atoms with Crippen LogP contribution in [0.2, 0.25) is 0 Å². The molecule has 0 radical (unpaired) electrons. The molecule has 2 heterocycles. The van der Waals surface area contributed by atoms with E-state index in [-0.39, 0.29) is 24.3 Å². The number of hydrogen-bond donors (Lipinski definition) is 3. The SMILES string of the molecule is COc1ccccc1NC(=O)[C@H]1CC(=O)Nc2c1c(=O)[nH]c(=O)n2Cc1ccccc1. The molecule has 2 aromatic carbocycles. The molecule has 0 bridgehead atoms. The van der Waals surface area contributed by atoms with Gasteiger partial charge in [-0.3, -0.25) is 23.9 Å². The minimum Gasteiger partial charge on any atom is -0.495 e. The van der Waals surface area contributed by atoms with Crippen molar-refractivity contribution in [2.45, 2.75) is 18.9 Å². The van der Waals surface area contributed by atoms with E-state index in [1.54, 1.807) is 24.3 Å². The first kappa shape index (κ1) is 20.1. The normalized spacial score (nSPS) is 15.0. The summed E-state index contributed by atoms with van der Waals surface area (Å²) in [6.07, 6.45) is -0.222. The van der Waals surface area contributed by atoms with E-state index >= 15 is 0 Å². The van der Waals surface area contributed by atoms with E-state index in [4.69, 9.17) is 4.74 Å². The molecule has 3 aromatic rings. The first-order chi connectivity index (χ1) is 15.0. The zero-order valence-electron chi connectivity index (χ0n) is 16.7. The molecular formula is C22H20N4O5. The molecule has 0 unspecified atom stereocenters. The Kier molecular flexibility index (Phi) is 5.40. The Morgan fingerprint density at radius 1 is 1.10 bits per heavy atom. The van der Waals surface area contributed by atoms with Gasteiger partial charge in [0.15, 0.2) is 0 Å². The molecule has 1 aliphatic rings. The lowest BCUT2D eigenvalue weighted by Crippen LogP contribution is -2.42. The second-order valence-electron chi connectivity index (χ2n) is 7.09. The molecule has 158 valence electrons. The van der Waals surface area contributed by atoms with Gasteiger partial charge < -0.3 is 15.4 Å². The Morgan fingerprint density at radius 3 is 2.55 bits per heavy atom. The molecule has 1 aliphatic heterocycles. The lowest BCUT2D eigenvalue weighted by Gasteiger charge is -2.26. The van der Waals surface area contributed by atoms with Crippen molar-refractivity contribution in [3.05, 3.63) is 86.6 Å². The molecule has 0 saturated heterocycles. The maximum absolute atomic E-state index is 13.1. The van der Waals surface area contributed by atoms with E-state index in [1.807, 2.05) is 30.3 Å². The first-order valence-electron chi connectivity index (χ1n) is 9.62. The topological polar surface area (TPSA) is 122 Å². The molecule has 1 aromatic heterocycles. The number of aromatic amines is 1. The molecule has 0 aliphatic carbocycles. The number of nitrogens with one attached hydrogen (secondary N) is 3. The van der Waals surface area contributed by atoms with Crippen LogP contribution in [0.5, 0.6) is 5.75 Å². The van der Waals surface area contributed by atoms with Crippen molar-refractivity contribution in [2.75, 3.05) is 17.7 Å². The fraction of sp³-hybridized carbons (Fsp3) is 0.182. The largest absolute Gasteiger partial charge is 0.495 e. The van der Waals surface area contributed by atoms with Gasteiger partial charge in [-0.15, -0.1) is 0 Å². The Morgan fingerprint density at radius 2 is 1.81 bits per heavy atom. The summed E-state index contributed by atoms with van der Waals surface area (Å²) in [7, 11) is 1.47. The van der Waals surface area contributed by atoms with Gasteiger partial charge in [-0.1, -0.05) is 42.5 Å². The van der Waals surface area contributed by atoms with Gasteiger partial charge in [0.05, 0.1) is 30.8 Å². The van der Waals surface area contributed by atoms with Crippen molar-refractivity contribution in [3.8, 4) is 5.75 Å². The predicted molar refractivity (Wildman–Crippen MR) is 114 cm³/mol. The molecule has 0 fully saturated rings. The van der Waals surface area contributed by atoms with Gasteiger partial charge in [-0.25, -0.2) is 4.79 Å². The van der Waals surface area contributed by atoms with Crippen molar-refractivity contribution >= 4 is 23.3 Å². The number of hydrogen-bond acceptors (Lipinski definition) is 5. The third-order valence-corrected chi connectivity index (χ3v) is 5.10. The Balaban J connectivity index is 1.76. The number of para-hydroxylation sites is 2. The van der Waals surface area contributed by atoms with Gasteiger partial charge in [0.2, 0.25) is 11.8 Å². The fourth-order valence-electron chi connectivity index (χ4n) is 3.62. The van der Waals surface area contributed by atoms with Crippen LogP contribution in [0.1, 0.15) is 23.5 Å². The molecule has 31 heavy (non-hydrogen) atoms. The highest BCUT2D eigenvalue weighted by Crippen LogP contribution is 2.31. The Bertz CT molecular complexity index is 1260. The van der Waals surface area contributed by atoms with Crippen LogP contribution in [0.25, 0.3) is 0 Å². The van der Waals surface area contributed by atoms with Crippen molar-refractivity contribution < 1.29 is 14.3 Å². The summed E-state index contributed by atoms with van der Waals surface area (Å²) >= 11 is 0. The number of anilines is 2. The summed E-state index contributed by atoms with van der Waals surface area (Å²) < 4.78 is 6.50. The first-order valence-corrected chi connectivity index (χ1v) is 9.62. The van der Waals surface area contributed by atoms with Crippen LogP contribution in [-0.2, 0) is 16.1 Å².